The molecule has 3 aliphatic rings. The van der Waals surface area contributed by atoms with Crippen molar-refractivity contribution in [1.82, 2.24) is 5.32 Å². The second kappa shape index (κ2) is 5.41. The van der Waals surface area contributed by atoms with Gasteiger partial charge in [-0.25, -0.2) is 0 Å². The number of hydrogen-bond acceptors (Lipinski definition) is 4. The van der Waals surface area contributed by atoms with Crippen molar-refractivity contribution >= 4 is 23.3 Å². The predicted octanol–water partition coefficient (Wildman–Crippen LogP) is 1.37. The van der Waals surface area contributed by atoms with Gasteiger partial charge in [0.1, 0.15) is 0 Å². The number of ether oxygens (including phenoxy) is 1. The highest BCUT2D eigenvalue weighted by atomic mass is 16.5. The third kappa shape index (κ3) is 2.17. The SMILES string of the molecule is C[C@]12C(=O)c3ccccc3NC(=O)[C@H]1[C@H]2C(=O)NC[C@H]1CCCO1. The number of carbonyl (C=O) groups excluding carboxylic acids is 3. The molecule has 2 heterocycles. The maximum Gasteiger partial charge on any atom is 0.229 e. The highest BCUT2D eigenvalue weighted by Crippen LogP contribution is 2.62. The predicted molar refractivity (Wildman–Crippen MR) is 86.5 cm³/mol. The largest absolute Gasteiger partial charge is 0.376 e. The van der Waals surface area contributed by atoms with Gasteiger partial charge in [-0.2, -0.15) is 0 Å². The van der Waals surface area contributed by atoms with E-state index in [0.717, 1.165) is 19.4 Å². The fourth-order valence-corrected chi connectivity index (χ4v) is 4.06. The fourth-order valence-electron chi connectivity index (χ4n) is 4.06. The minimum atomic E-state index is -0.961. The van der Waals surface area contributed by atoms with Gasteiger partial charge in [-0.15, -0.1) is 0 Å². The Morgan fingerprint density at radius 3 is 2.92 bits per heavy atom. The summed E-state index contributed by atoms with van der Waals surface area (Å²) in [5, 5.41) is 5.64. The molecule has 2 aliphatic heterocycles. The van der Waals surface area contributed by atoms with Crippen molar-refractivity contribution in [3.63, 3.8) is 0 Å². The second-order valence-corrected chi connectivity index (χ2v) is 6.98. The van der Waals surface area contributed by atoms with E-state index >= 15 is 0 Å². The van der Waals surface area contributed by atoms with Crippen molar-refractivity contribution in [3.8, 4) is 0 Å². The van der Waals surface area contributed by atoms with Crippen molar-refractivity contribution in [2.24, 2.45) is 17.3 Å². The number of hydrogen-bond donors (Lipinski definition) is 2. The average Bonchev–Trinajstić information content (AvgIpc) is 2.95. The first kappa shape index (κ1) is 15.3. The van der Waals surface area contributed by atoms with Gasteiger partial charge in [-0.3, -0.25) is 14.4 Å². The molecule has 0 unspecified atom stereocenters. The Hall–Kier alpha value is -2.21. The van der Waals surface area contributed by atoms with Crippen molar-refractivity contribution < 1.29 is 19.1 Å². The Morgan fingerprint density at radius 2 is 2.17 bits per heavy atom. The van der Waals surface area contributed by atoms with Gasteiger partial charge in [-0.1, -0.05) is 19.1 Å². The molecule has 2 N–H and O–H groups in total. The standard InChI is InChI=1S/C18H20N2O4/c1-18-13(16(22)19-9-10-5-4-8-24-10)14(18)17(23)20-12-7-3-2-6-11(12)15(18)21/h2-3,6-7,10,13-14H,4-5,8-9H2,1H3,(H,19,22)(H,20,23)/t10-,13+,14-,18-/m1/s1. The number of rotatable bonds is 3. The molecule has 6 heteroatoms. The highest BCUT2D eigenvalue weighted by molar-refractivity contribution is 6.19. The van der Waals surface area contributed by atoms with Crippen LogP contribution in [0.4, 0.5) is 5.69 Å². The summed E-state index contributed by atoms with van der Waals surface area (Å²) in [4.78, 5) is 38.0. The number of benzene rings is 1. The van der Waals surface area contributed by atoms with E-state index in [2.05, 4.69) is 10.6 Å². The van der Waals surface area contributed by atoms with Gasteiger partial charge in [0.25, 0.3) is 0 Å². The number of Topliss-reactive ketones (excluding diaryl/α,β-unsaturated/α-hetero) is 1. The lowest BCUT2D eigenvalue weighted by atomic mass is 9.92. The maximum atomic E-state index is 12.9. The first-order chi connectivity index (χ1) is 11.5. The molecule has 2 amide bonds. The summed E-state index contributed by atoms with van der Waals surface area (Å²) < 4.78 is 5.50. The first-order valence-corrected chi connectivity index (χ1v) is 8.37. The lowest BCUT2D eigenvalue weighted by Crippen LogP contribution is -2.35. The van der Waals surface area contributed by atoms with Gasteiger partial charge < -0.3 is 15.4 Å². The molecular formula is C18H20N2O4. The lowest BCUT2D eigenvalue weighted by Gasteiger charge is -2.14. The minimum Gasteiger partial charge on any atom is -0.376 e. The van der Waals surface area contributed by atoms with Crippen LogP contribution in [0, 0.1) is 17.3 Å². The third-order valence-corrected chi connectivity index (χ3v) is 5.53. The molecule has 4 atom stereocenters. The van der Waals surface area contributed by atoms with E-state index in [1.807, 2.05) is 0 Å². The molecule has 1 aromatic carbocycles. The lowest BCUT2D eigenvalue weighted by molar-refractivity contribution is -0.125. The van der Waals surface area contributed by atoms with Crippen molar-refractivity contribution in [3.05, 3.63) is 29.8 Å². The van der Waals surface area contributed by atoms with E-state index < -0.39 is 17.3 Å². The molecule has 2 fully saturated rings. The van der Waals surface area contributed by atoms with E-state index in [1.165, 1.54) is 0 Å². The number of anilines is 1. The van der Waals surface area contributed by atoms with Gasteiger partial charge in [0, 0.05) is 18.7 Å². The number of nitrogens with one attached hydrogen (secondary N) is 2. The number of para-hydroxylation sites is 1. The molecule has 1 saturated carbocycles. The quantitative estimate of drug-likeness (QED) is 0.878. The van der Waals surface area contributed by atoms with Gasteiger partial charge in [0.2, 0.25) is 11.8 Å². The summed E-state index contributed by atoms with van der Waals surface area (Å²) in [7, 11) is 0. The molecule has 4 rings (SSSR count). The summed E-state index contributed by atoms with van der Waals surface area (Å²) in [5.41, 5.74) is 0.0434. The second-order valence-electron chi connectivity index (χ2n) is 6.98. The van der Waals surface area contributed by atoms with Gasteiger partial charge >= 0.3 is 0 Å². The van der Waals surface area contributed by atoms with Crippen LogP contribution in [0.1, 0.15) is 30.1 Å². The van der Waals surface area contributed by atoms with Crippen LogP contribution in [-0.2, 0) is 14.3 Å². The Bertz CT molecular complexity index is 725. The Balaban J connectivity index is 1.54. The average molecular weight is 328 g/mol. The van der Waals surface area contributed by atoms with Crippen LogP contribution in [0.5, 0.6) is 0 Å². The summed E-state index contributed by atoms with van der Waals surface area (Å²) >= 11 is 0. The van der Waals surface area contributed by atoms with Crippen LogP contribution in [0.15, 0.2) is 24.3 Å². The Kier molecular flexibility index (Phi) is 3.46. The van der Waals surface area contributed by atoms with Crippen LogP contribution < -0.4 is 10.6 Å². The smallest absolute Gasteiger partial charge is 0.229 e. The van der Waals surface area contributed by atoms with Crippen molar-refractivity contribution in [2.45, 2.75) is 25.9 Å². The zero-order valence-electron chi connectivity index (χ0n) is 13.5. The molecule has 6 nitrogen and oxygen atoms in total. The van der Waals surface area contributed by atoms with Crippen LogP contribution in [-0.4, -0.2) is 36.9 Å². The number of fused-ring (bicyclic) bond motifs is 2. The number of ketones is 1. The normalized spacial score (nSPS) is 34.0. The number of amides is 2. The summed E-state index contributed by atoms with van der Waals surface area (Å²) in [6.45, 7) is 2.88. The van der Waals surface area contributed by atoms with Crippen LogP contribution in [0.3, 0.4) is 0 Å². The zero-order valence-corrected chi connectivity index (χ0v) is 13.5. The van der Waals surface area contributed by atoms with Crippen molar-refractivity contribution in [1.29, 1.82) is 0 Å². The summed E-state index contributed by atoms with van der Waals surface area (Å²) in [5.74, 6) is -1.85. The van der Waals surface area contributed by atoms with Gasteiger partial charge in [0.15, 0.2) is 5.78 Å². The molecule has 1 aromatic rings. The minimum absolute atomic E-state index is 0.0376. The van der Waals surface area contributed by atoms with E-state index in [0.29, 0.717) is 17.8 Å². The van der Waals surface area contributed by atoms with Crippen LogP contribution in [0.2, 0.25) is 0 Å². The molecular weight excluding hydrogens is 308 g/mol. The van der Waals surface area contributed by atoms with Crippen LogP contribution >= 0.6 is 0 Å². The van der Waals surface area contributed by atoms with E-state index in [4.69, 9.17) is 4.74 Å². The topological polar surface area (TPSA) is 84.5 Å². The van der Waals surface area contributed by atoms with E-state index in [9.17, 15) is 14.4 Å². The van der Waals surface area contributed by atoms with Crippen LogP contribution in [0.25, 0.3) is 0 Å². The maximum absolute atomic E-state index is 12.9. The van der Waals surface area contributed by atoms with E-state index in [1.54, 1.807) is 31.2 Å². The van der Waals surface area contributed by atoms with Gasteiger partial charge in [0.05, 0.1) is 29.0 Å². The first-order valence-electron chi connectivity index (χ1n) is 8.37. The molecule has 0 radical (unpaired) electrons. The number of carbonyl (C=O) groups is 3. The molecule has 126 valence electrons. The van der Waals surface area contributed by atoms with Gasteiger partial charge in [-0.05, 0) is 25.0 Å². The molecule has 24 heavy (non-hydrogen) atoms. The molecule has 0 spiro atoms. The summed E-state index contributed by atoms with van der Waals surface area (Å²) in [6, 6.07) is 6.95. The highest BCUT2D eigenvalue weighted by Gasteiger charge is 2.73. The molecule has 0 aromatic heterocycles. The summed E-state index contributed by atoms with van der Waals surface area (Å²) in [6.07, 6.45) is 1.97. The molecule has 1 saturated heterocycles. The van der Waals surface area contributed by atoms with E-state index in [-0.39, 0.29) is 23.7 Å². The Labute approximate surface area is 139 Å². The Morgan fingerprint density at radius 1 is 1.38 bits per heavy atom. The van der Waals surface area contributed by atoms with Crippen molar-refractivity contribution in [2.75, 3.05) is 18.5 Å². The monoisotopic (exact) mass is 328 g/mol. The zero-order chi connectivity index (χ0) is 16.9. The molecule has 0 bridgehead atoms. The molecule has 1 aliphatic carbocycles. The fraction of sp³-hybridized carbons (Fsp3) is 0.500. The third-order valence-electron chi connectivity index (χ3n) is 5.53.